The maximum Gasteiger partial charge on any atom is 0.136 e. The Labute approximate surface area is 138 Å². The first-order valence-electron chi connectivity index (χ1n) is 8.44. The SMILES string of the molecule is OC(COc1ccccc1)(CN1CCCCC1)c1ccccc1. The maximum absolute atomic E-state index is 11.3. The summed E-state index contributed by atoms with van der Waals surface area (Å²) >= 11 is 0. The van der Waals surface area contributed by atoms with Gasteiger partial charge in [0.2, 0.25) is 0 Å². The molecule has 0 aliphatic carbocycles. The number of hydrogen-bond donors (Lipinski definition) is 1. The fourth-order valence-electron chi connectivity index (χ4n) is 3.18. The van der Waals surface area contributed by atoms with Gasteiger partial charge in [-0.05, 0) is 43.6 Å². The molecule has 23 heavy (non-hydrogen) atoms. The normalized spacial score (nSPS) is 18.3. The van der Waals surface area contributed by atoms with Gasteiger partial charge in [0.05, 0.1) is 0 Å². The number of β-amino-alcohol motifs (C(OH)–C–C–N with tert-alkyl or cyclic N) is 1. The van der Waals surface area contributed by atoms with Crippen LogP contribution in [0.25, 0.3) is 0 Å². The van der Waals surface area contributed by atoms with Crippen molar-refractivity contribution in [1.29, 1.82) is 0 Å². The number of hydrogen-bond acceptors (Lipinski definition) is 3. The second-order valence-corrected chi connectivity index (χ2v) is 6.34. The molecule has 0 saturated carbocycles. The topological polar surface area (TPSA) is 32.7 Å². The predicted octanol–water partition coefficient (Wildman–Crippen LogP) is 3.44. The van der Waals surface area contributed by atoms with Gasteiger partial charge in [0, 0.05) is 6.54 Å². The first kappa shape index (κ1) is 16.0. The van der Waals surface area contributed by atoms with Crippen molar-refractivity contribution in [2.24, 2.45) is 0 Å². The van der Waals surface area contributed by atoms with E-state index >= 15 is 0 Å². The number of benzene rings is 2. The molecule has 3 nitrogen and oxygen atoms in total. The van der Waals surface area contributed by atoms with Crippen molar-refractivity contribution in [3.8, 4) is 5.75 Å². The van der Waals surface area contributed by atoms with Crippen LogP contribution in [0.4, 0.5) is 0 Å². The van der Waals surface area contributed by atoms with E-state index in [0.717, 1.165) is 24.4 Å². The summed E-state index contributed by atoms with van der Waals surface area (Å²) in [4.78, 5) is 2.35. The smallest absolute Gasteiger partial charge is 0.136 e. The monoisotopic (exact) mass is 311 g/mol. The molecule has 2 aromatic rings. The van der Waals surface area contributed by atoms with Crippen LogP contribution < -0.4 is 4.74 Å². The van der Waals surface area contributed by atoms with Gasteiger partial charge in [0.15, 0.2) is 0 Å². The molecular formula is C20H25NO2. The van der Waals surface area contributed by atoms with Crippen molar-refractivity contribution in [1.82, 2.24) is 4.90 Å². The van der Waals surface area contributed by atoms with Crippen molar-refractivity contribution in [2.75, 3.05) is 26.2 Å². The lowest BCUT2D eigenvalue weighted by atomic mass is 9.93. The molecule has 1 aliphatic rings. The molecule has 0 radical (unpaired) electrons. The van der Waals surface area contributed by atoms with Crippen molar-refractivity contribution in [2.45, 2.75) is 24.9 Å². The standard InChI is InChI=1S/C20H25NO2/c22-20(18-10-4-1-5-11-18,16-21-14-8-3-9-15-21)17-23-19-12-6-2-7-13-19/h1-2,4-7,10-13,22H,3,8-9,14-17H2. The number of piperidine rings is 1. The first-order valence-corrected chi connectivity index (χ1v) is 8.44. The minimum Gasteiger partial charge on any atom is -0.490 e. The number of aliphatic hydroxyl groups is 1. The predicted molar refractivity (Wildman–Crippen MR) is 92.6 cm³/mol. The second-order valence-electron chi connectivity index (χ2n) is 6.34. The van der Waals surface area contributed by atoms with Crippen LogP contribution in [-0.2, 0) is 5.60 Å². The van der Waals surface area contributed by atoms with Gasteiger partial charge in [-0.2, -0.15) is 0 Å². The van der Waals surface area contributed by atoms with Crippen LogP contribution in [0, 0.1) is 0 Å². The van der Waals surface area contributed by atoms with E-state index in [1.165, 1.54) is 19.3 Å². The number of nitrogens with zero attached hydrogens (tertiary/aromatic N) is 1. The minimum absolute atomic E-state index is 0.261. The van der Waals surface area contributed by atoms with Crippen LogP contribution in [0.5, 0.6) is 5.75 Å². The molecule has 0 amide bonds. The van der Waals surface area contributed by atoms with Gasteiger partial charge >= 0.3 is 0 Å². The summed E-state index contributed by atoms with van der Waals surface area (Å²) in [6.45, 7) is 2.99. The first-order chi connectivity index (χ1) is 11.3. The van der Waals surface area contributed by atoms with Crippen molar-refractivity contribution in [3.63, 3.8) is 0 Å². The zero-order chi connectivity index (χ0) is 16.0. The van der Waals surface area contributed by atoms with Gasteiger partial charge in [0.25, 0.3) is 0 Å². The molecule has 1 saturated heterocycles. The van der Waals surface area contributed by atoms with Gasteiger partial charge in [-0.25, -0.2) is 0 Å². The summed E-state index contributed by atoms with van der Waals surface area (Å²) in [7, 11) is 0. The molecule has 2 aromatic carbocycles. The van der Waals surface area contributed by atoms with Crippen LogP contribution in [0.1, 0.15) is 24.8 Å². The molecular weight excluding hydrogens is 286 g/mol. The Balaban J connectivity index is 1.75. The average Bonchev–Trinajstić information content (AvgIpc) is 2.63. The molecule has 1 aliphatic heterocycles. The fourth-order valence-corrected chi connectivity index (χ4v) is 3.18. The quantitative estimate of drug-likeness (QED) is 0.887. The molecule has 0 bridgehead atoms. The fraction of sp³-hybridized carbons (Fsp3) is 0.400. The highest BCUT2D eigenvalue weighted by Crippen LogP contribution is 2.25. The summed E-state index contributed by atoms with van der Waals surface area (Å²) < 4.78 is 5.89. The maximum atomic E-state index is 11.3. The third-order valence-corrected chi connectivity index (χ3v) is 4.47. The lowest BCUT2D eigenvalue weighted by Gasteiger charge is -2.36. The summed E-state index contributed by atoms with van der Waals surface area (Å²) in [5.41, 5.74) is -0.0736. The number of likely N-dealkylation sites (tertiary alicyclic amines) is 1. The Bertz CT molecular complexity index is 581. The molecule has 1 N–H and O–H groups in total. The Morgan fingerprint density at radius 3 is 2.13 bits per heavy atom. The number of ether oxygens (including phenoxy) is 1. The molecule has 3 heteroatoms. The third-order valence-electron chi connectivity index (χ3n) is 4.47. The van der Waals surface area contributed by atoms with E-state index in [4.69, 9.17) is 4.74 Å². The van der Waals surface area contributed by atoms with E-state index in [0.29, 0.717) is 6.54 Å². The molecule has 0 spiro atoms. The Kier molecular flexibility index (Phi) is 5.31. The third kappa shape index (κ3) is 4.34. The van der Waals surface area contributed by atoms with E-state index < -0.39 is 5.60 Å². The molecule has 1 atom stereocenters. The van der Waals surface area contributed by atoms with E-state index in [-0.39, 0.29) is 6.61 Å². The van der Waals surface area contributed by atoms with Gasteiger partial charge in [0.1, 0.15) is 18.0 Å². The molecule has 0 aromatic heterocycles. The molecule has 1 heterocycles. The summed E-state index contributed by atoms with van der Waals surface area (Å²) in [6.07, 6.45) is 3.72. The van der Waals surface area contributed by atoms with Crippen molar-refractivity contribution < 1.29 is 9.84 Å². The van der Waals surface area contributed by atoms with Gasteiger partial charge in [-0.1, -0.05) is 55.0 Å². The van der Waals surface area contributed by atoms with E-state index in [9.17, 15) is 5.11 Å². The molecule has 1 unspecified atom stereocenters. The highest BCUT2D eigenvalue weighted by Gasteiger charge is 2.33. The second kappa shape index (κ2) is 7.62. The lowest BCUT2D eigenvalue weighted by Crippen LogP contribution is -2.46. The lowest BCUT2D eigenvalue weighted by molar-refractivity contribution is -0.0405. The Morgan fingerprint density at radius 2 is 1.48 bits per heavy atom. The van der Waals surface area contributed by atoms with Crippen molar-refractivity contribution in [3.05, 3.63) is 66.2 Å². The zero-order valence-corrected chi connectivity index (χ0v) is 13.5. The van der Waals surface area contributed by atoms with E-state index in [2.05, 4.69) is 4.90 Å². The largest absolute Gasteiger partial charge is 0.490 e. The summed E-state index contributed by atoms with van der Waals surface area (Å²) in [5.74, 6) is 0.792. The summed E-state index contributed by atoms with van der Waals surface area (Å²) in [5, 5.41) is 11.3. The van der Waals surface area contributed by atoms with Crippen LogP contribution in [-0.4, -0.2) is 36.2 Å². The minimum atomic E-state index is -0.992. The van der Waals surface area contributed by atoms with Crippen LogP contribution >= 0.6 is 0 Å². The zero-order valence-electron chi connectivity index (χ0n) is 13.5. The van der Waals surface area contributed by atoms with Gasteiger partial charge in [-0.3, -0.25) is 4.90 Å². The Morgan fingerprint density at radius 1 is 0.870 bits per heavy atom. The van der Waals surface area contributed by atoms with E-state index in [1.54, 1.807) is 0 Å². The molecule has 122 valence electrons. The van der Waals surface area contributed by atoms with Gasteiger partial charge in [-0.15, -0.1) is 0 Å². The average molecular weight is 311 g/mol. The molecule has 1 fully saturated rings. The highest BCUT2D eigenvalue weighted by molar-refractivity contribution is 5.25. The van der Waals surface area contributed by atoms with Gasteiger partial charge < -0.3 is 9.84 Å². The number of rotatable bonds is 6. The highest BCUT2D eigenvalue weighted by atomic mass is 16.5. The van der Waals surface area contributed by atoms with Crippen LogP contribution in [0.2, 0.25) is 0 Å². The van der Waals surface area contributed by atoms with E-state index in [1.807, 2.05) is 60.7 Å². The van der Waals surface area contributed by atoms with Crippen molar-refractivity contribution >= 4 is 0 Å². The molecule has 3 rings (SSSR count). The van der Waals surface area contributed by atoms with Crippen LogP contribution in [0.3, 0.4) is 0 Å². The number of para-hydroxylation sites is 1. The Hall–Kier alpha value is -1.84. The van der Waals surface area contributed by atoms with Crippen LogP contribution in [0.15, 0.2) is 60.7 Å². The summed E-state index contributed by atoms with van der Waals surface area (Å²) in [6, 6.07) is 19.6.